The first-order chi connectivity index (χ1) is 11.9. The lowest BCUT2D eigenvalue weighted by molar-refractivity contribution is 0.0949. The molecule has 0 aliphatic rings. The van der Waals surface area contributed by atoms with Crippen molar-refractivity contribution in [1.82, 2.24) is 19.3 Å². The first-order valence-corrected chi connectivity index (χ1v) is 8.85. The minimum atomic E-state index is -0.246. The zero-order chi connectivity index (χ0) is 18.1. The van der Waals surface area contributed by atoms with Crippen LogP contribution in [-0.2, 0) is 13.6 Å². The number of carbonyl (C=O) groups is 1. The van der Waals surface area contributed by atoms with Crippen molar-refractivity contribution in [3.63, 3.8) is 0 Å². The highest BCUT2D eigenvalue weighted by molar-refractivity contribution is 7.17. The number of hydrogen-bond donors (Lipinski definition) is 1. The predicted molar refractivity (Wildman–Crippen MR) is 99.6 cm³/mol. The molecule has 0 aromatic carbocycles. The van der Waals surface area contributed by atoms with Crippen LogP contribution in [0.3, 0.4) is 0 Å². The Balaban J connectivity index is 1.97. The number of nitrogens with zero attached hydrogens (tertiary/aromatic N) is 4. The SMILES string of the molecule is CCNC(=O)c1c(C)sc2nc(CN(C)c3ccn(C)c3)cc(=O)n12. The van der Waals surface area contributed by atoms with Crippen LogP contribution < -0.4 is 15.8 Å². The van der Waals surface area contributed by atoms with E-state index in [0.717, 1.165) is 10.6 Å². The van der Waals surface area contributed by atoms with Crippen molar-refractivity contribution >= 4 is 27.9 Å². The molecular formula is C17H21N5O2S. The van der Waals surface area contributed by atoms with Gasteiger partial charge in [0.05, 0.1) is 17.9 Å². The molecule has 1 amide bonds. The highest BCUT2D eigenvalue weighted by atomic mass is 32.1. The van der Waals surface area contributed by atoms with Crippen LogP contribution >= 0.6 is 11.3 Å². The molecule has 0 fully saturated rings. The number of aryl methyl sites for hydroxylation is 2. The van der Waals surface area contributed by atoms with E-state index < -0.39 is 0 Å². The average molecular weight is 359 g/mol. The fourth-order valence-corrected chi connectivity index (χ4v) is 3.75. The summed E-state index contributed by atoms with van der Waals surface area (Å²) >= 11 is 1.36. The Morgan fingerprint density at radius 2 is 2.20 bits per heavy atom. The molecule has 132 valence electrons. The van der Waals surface area contributed by atoms with Gasteiger partial charge in [0.15, 0.2) is 4.96 Å². The summed E-state index contributed by atoms with van der Waals surface area (Å²) in [5.74, 6) is -0.246. The maximum Gasteiger partial charge on any atom is 0.269 e. The summed E-state index contributed by atoms with van der Waals surface area (Å²) in [6.45, 7) is 4.71. The molecule has 25 heavy (non-hydrogen) atoms. The van der Waals surface area contributed by atoms with E-state index in [2.05, 4.69) is 10.3 Å². The molecule has 3 rings (SSSR count). The molecule has 1 N–H and O–H groups in total. The van der Waals surface area contributed by atoms with Gasteiger partial charge in [-0.25, -0.2) is 9.38 Å². The first-order valence-electron chi connectivity index (χ1n) is 8.04. The van der Waals surface area contributed by atoms with Crippen LogP contribution in [0, 0.1) is 6.92 Å². The van der Waals surface area contributed by atoms with Crippen LogP contribution in [-0.4, -0.2) is 33.5 Å². The van der Waals surface area contributed by atoms with Gasteiger partial charge in [0, 0.05) is 44.0 Å². The summed E-state index contributed by atoms with van der Waals surface area (Å²) in [5.41, 5.74) is 1.88. The highest BCUT2D eigenvalue weighted by Crippen LogP contribution is 2.21. The van der Waals surface area contributed by atoms with Crippen LogP contribution in [0.2, 0.25) is 0 Å². The molecule has 7 nitrogen and oxygen atoms in total. The maximum absolute atomic E-state index is 12.6. The highest BCUT2D eigenvalue weighted by Gasteiger charge is 2.19. The van der Waals surface area contributed by atoms with Crippen LogP contribution in [0.15, 0.2) is 29.3 Å². The molecule has 0 saturated carbocycles. The van der Waals surface area contributed by atoms with Gasteiger partial charge in [-0.1, -0.05) is 0 Å². The number of thiazole rings is 1. The monoisotopic (exact) mass is 359 g/mol. The van der Waals surface area contributed by atoms with Crippen molar-refractivity contribution in [3.05, 3.63) is 51.1 Å². The van der Waals surface area contributed by atoms with Crippen molar-refractivity contribution in [2.45, 2.75) is 20.4 Å². The lowest BCUT2D eigenvalue weighted by Gasteiger charge is -2.16. The summed E-state index contributed by atoms with van der Waals surface area (Å²) in [5, 5.41) is 2.75. The molecule has 3 aromatic rings. The van der Waals surface area contributed by atoms with Crippen LogP contribution in [0.25, 0.3) is 4.96 Å². The third-order valence-corrected chi connectivity index (χ3v) is 4.91. The van der Waals surface area contributed by atoms with E-state index in [0.29, 0.717) is 29.4 Å². The van der Waals surface area contributed by atoms with E-state index in [4.69, 9.17) is 0 Å². The Kier molecular flexibility index (Phi) is 4.63. The van der Waals surface area contributed by atoms with E-state index in [1.165, 1.54) is 21.8 Å². The number of rotatable bonds is 5. The maximum atomic E-state index is 12.6. The van der Waals surface area contributed by atoms with Gasteiger partial charge in [0.1, 0.15) is 5.69 Å². The molecule has 3 aromatic heterocycles. The number of amides is 1. The summed E-state index contributed by atoms with van der Waals surface area (Å²) < 4.78 is 3.37. The minimum Gasteiger partial charge on any atom is -0.367 e. The third kappa shape index (κ3) is 3.30. The van der Waals surface area contributed by atoms with Gasteiger partial charge in [0.2, 0.25) is 0 Å². The fraction of sp³-hybridized carbons (Fsp3) is 0.353. The lowest BCUT2D eigenvalue weighted by Crippen LogP contribution is -2.28. The Hall–Kier alpha value is -2.61. The third-order valence-electron chi connectivity index (χ3n) is 3.95. The van der Waals surface area contributed by atoms with E-state index >= 15 is 0 Å². The van der Waals surface area contributed by atoms with Crippen LogP contribution in [0.1, 0.15) is 28.0 Å². The second-order valence-corrected chi connectivity index (χ2v) is 7.14. The van der Waals surface area contributed by atoms with Gasteiger partial charge < -0.3 is 14.8 Å². The summed E-state index contributed by atoms with van der Waals surface area (Å²) in [7, 11) is 3.92. The largest absolute Gasteiger partial charge is 0.367 e. The quantitative estimate of drug-likeness (QED) is 0.754. The number of hydrogen-bond acceptors (Lipinski definition) is 5. The van der Waals surface area contributed by atoms with Crippen LogP contribution in [0.5, 0.6) is 0 Å². The lowest BCUT2D eigenvalue weighted by atomic mass is 10.3. The van der Waals surface area contributed by atoms with Crippen molar-refractivity contribution in [2.24, 2.45) is 7.05 Å². The minimum absolute atomic E-state index is 0.230. The molecule has 0 radical (unpaired) electrons. The molecule has 8 heteroatoms. The van der Waals surface area contributed by atoms with Gasteiger partial charge in [-0.15, -0.1) is 11.3 Å². The molecule has 0 saturated heterocycles. The van der Waals surface area contributed by atoms with Gasteiger partial charge in [-0.3, -0.25) is 9.59 Å². The normalized spacial score (nSPS) is 11.0. The molecule has 0 aliphatic heterocycles. The van der Waals surface area contributed by atoms with Crippen molar-refractivity contribution in [1.29, 1.82) is 0 Å². The molecular weight excluding hydrogens is 338 g/mol. The topological polar surface area (TPSA) is 71.6 Å². The number of fused-ring (bicyclic) bond motifs is 1. The number of anilines is 1. The van der Waals surface area contributed by atoms with Crippen LogP contribution in [0.4, 0.5) is 5.69 Å². The molecule has 0 bridgehead atoms. The van der Waals surface area contributed by atoms with Gasteiger partial charge in [-0.2, -0.15) is 0 Å². The molecule has 3 heterocycles. The van der Waals surface area contributed by atoms with Crippen molar-refractivity contribution < 1.29 is 4.79 Å². The summed E-state index contributed by atoms with van der Waals surface area (Å²) in [4.78, 5) is 32.8. The summed E-state index contributed by atoms with van der Waals surface area (Å²) in [6, 6.07) is 3.51. The zero-order valence-electron chi connectivity index (χ0n) is 14.7. The second kappa shape index (κ2) is 6.72. The smallest absolute Gasteiger partial charge is 0.269 e. The van der Waals surface area contributed by atoms with Gasteiger partial charge in [-0.05, 0) is 19.9 Å². The van der Waals surface area contributed by atoms with E-state index in [1.54, 1.807) is 0 Å². The molecule has 0 atom stereocenters. The Morgan fingerprint density at radius 1 is 1.44 bits per heavy atom. The standard InChI is InChI=1S/C17H21N5O2S/c1-5-18-16(24)15-11(2)25-17-19-12(8-14(23)22(15)17)9-21(4)13-6-7-20(3)10-13/h6-8,10H,5,9H2,1-4H3,(H,18,24). The predicted octanol–water partition coefficient (Wildman–Crippen LogP) is 1.79. The van der Waals surface area contributed by atoms with E-state index in [9.17, 15) is 9.59 Å². The van der Waals surface area contributed by atoms with E-state index in [-0.39, 0.29) is 11.5 Å². The van der Waals surface area contributed by atoms with Gasteiger partial charge >= 0.3 is 0 Å². The Labute approximate surface area is 149 Å². The molecule has 0 aliphatic carbocycles. The zero-order valence-corrected chi connectivity index (χ0v) is 15.6. The summed E-state index contributed by atoms with van der Waals surface area (Å²) in [6.07, 6.45) is 3.98. The van der Waals surface area contributed by atoms with Gasteiger partial charge in [0.25, 0.3) is 11.5 Å². The van der Waals surface area contributed by atoms with E-state index in [1.807, 2.05) is 55.9 Å². The van der Waals surface area contributed by atoms with Crippen molar-refractivity contribution in [3.8, 4) is 0 Å². The Morgan fingerprint density at radius 3 is 2.84 bits per heavy atom. The fourth-order valence-electron chi connectivity index (χ4n) is 2.76. The average Bonchev–Trinajstić information content (AvgIpc) is 3.10. The Bertz CT molecular complexity index is 985. The molecule has 0 spiro atoms. The number of nitrogens with one attached hydrogen (secondary N) is 1. The van der Waals surface area contributed by atoms with Crippen molar-refractivity contribution in [2.75, 3.05) is 18.5 Å². The molecule has 0 unspecified atom stereocenters. The number of carbonyl (C=O) groups excluding carboxylic acids is 1. The number of aromatic nitrogens is 3. The second-order valence-electron chi connectivity index (χ2n) is 5.96. The first kappa shape index (κ1) is 17.2.